The first-order valence-electron chi connectivity index (χ1n) is 11.3. The van der Waals surface area contributed by atoms with Gasteiger partial charge in [0.2, 0.25) is 0 Å². The van der Waals surface area contributed by atoms with Gasteiger partial charge in [0.05, 0.1) is 37.7 Å². The van der Waals surface area contributed by atoms with Gasteiger partial charge < -0.3 is 23.9 Å². The molecule has 3 aromatic heterocycles. The smallest absolute Gasteiger partial charge is 0.170 e. The first-order chi connectivity index (χ1) is 16.5. The normalized spacial score (nSPS) is 17.7. The molecule has 1 N–H and O–H groups in total. The van der Waals surface area contributed by atoms with Crippen molar-refractivity contribution in [3.05, 3.63) is 107 Å². The third-order valence-corrected chi connectivity index (χ3v) is 6.89. The molecule has 0 aliphatic carbocycles. The number of thiocarbonyl (C=S) groups is 1. The number of nitrogens with zero attached hydrogens (tertiary/aromatic N) is 3. The molecule has 0 unspecified atom stereocenters. The van der Waals surface area contributed by atoms with E-state index in [0.29, 0.717) is 13.1 Å². The van der Waals surface area contributed by atoms with Gasteiger partial charge in [-0.25, -0.2) is 0 Å². The summed E-state index contributed by atoms with van der Waals surface area (Å²) in [4.78, 5) is 6.94. The van der Waals surface area contributed by atoms with E-state index in [2.05, 4.69) is 57.9 Å². The van der Waals surface area contributed by atoms with Crippen LogP contribution in [-0.4, -0.2) is 26.7 Å². The molecule has 6 nitrogen and oxygen atoms in total. The van der Waals surface area contributed by atoms with Crippen molar-refractivity contribution in [3.8, 4) is 5.75 Å². The van der Waals surface area contributed by atoms with Gasteiger partial charge in [0.15, 0.2) is 5.11 Å². The van der Waals surface area contributed by atoms with Crippen LogP contribution in [0.2, 0.25) is 0 Å². The second-order valence-electron chi connectivity index (χ2n) is 8.59. The highest BCUT2D eigenvalue weighted by Gasteiger charge is 2.41. The minimum absolute atomic E-state index is 0.000975. The Morgan fingerprint density at radius 3 is 2.56 bits per heavy atom. The Kier molecular flexibility index (Phi) is 6.11. The molecule has 1 aliphatic heterocycles. The van der Waals surface area contributed by atoms with Gasteiger partial charge >= 0.3 is 0 Å². The third-order valence-electron chi connectivity index (χ3n) is 6.54. The Hall–Kier alpha value is -3.58. The molecule has 1 aromatic carbocycles. The van der Waals surface area contributed by atoms with Gasteiger partial charge in [-0.05, 0) is 79.7 Å². The standard InChI is InChI=1S/C27H28N4O2S/c1-18-15-23(19(2)30(18)17-22-7-6-14-33-22)26-25(24-8-4-5-13-28-24)29-27(34)31(26)16-20-9-11-21(32-3)12-10-20/h4-15,25-26H,16-17H2,1-3H3,(H,29,34)/t25-,26+/m0/s1. The molecule has 2 atom stereocenters. The molecule has 0 amide bonds. The highest BCUT2D eigenvalue weighted by molar-refractivity contribution is 7.80. The summed E-state index contributed by atoms with van der Waals surface area (Å²) in [6.07, 6.45) is 3.56. The molecule has 1 fully saturated rings. The van der Waals surface area contributed by atoms with E-state index >= 15 is 0 Å². The van der Waals surface area contributed by atoms with Crippen molar-refractivity contribution in [2.75, 3.05) is 7.11 Å². The number of furan rings is 1. The largest absolute Gasteiger partial charge is 0.497 e. The van der Waals surface area contributed by atoms with Crippen molar-refractivity contribution in [1.29, 1.82) is 0 Å². The topological polar surface area (TPSA) is 55.5 Å². The first kappa shape index (κ1) is 22.2. The van der Waals surface area contributed by atoms with Crippen LogP contribution in [0, 0.1) is 13.8 Å². The molecule has 0 spiro atoms. The number of benzene rings is 1. The van der Waals surface area contributed by atoms with Crippen LogP contribution in [0.1, 0.15) is 46.1 Å². The van der Waals surface area contributed by atoms with E-state index in [1.165, 1.54) is 22.5 Å². The second-order valence-corrected chi connectivity index (χ2v) is 8.98. The fourth-order valence-electron chi connectivity index (χ4n) is 4.77. The summed E-state index contributed by atoms with van der Waals surface area (Å²) < 4.78 is 13.3. The lowest BCUT2D eigenvalue weighted by molar-refractivity contribution is 0.309. The van der Waals surface area contributed by atoms with Gasteiger partial charge in [-0.1, -0.05) is 18.2 Å². The highest BCUT2D eigenvalue weighted by atomic mass is 32.1. The first-order valence-corrected chi connectivity index (χ1v) is 11.8. The van der Waals surface area contributed by atoms with Crippen LogP contribution in [0.4, 0.5) is 0 Å². The van der Waals surface area contributed by atoms with Crippen LogP contribution < -0.4 is 10.1 Å². The van der Waals surface area contributed by atoms with Gasteiger partial charge in [0, 0.05) is 24.1 Å². The lowest BCUT2D eigenvalue weighted by Gasteiger charge is -2.28. The predicted octanol–water partition coefficient (Wildman–Crippen LogP) is 5.32. The minimum Gasteiger partial charge on any atom is -0.497 e. The number of ether oxygens (including phenoxy) is 1. The van der Waals surface area contributed by atoms with Crippen LogP contribution in [0.25, 0.3) is 0 Å². The van der Waals surface area contributed by atoms with E-state index in [1.54, 1.807) is 13.4 Å². The van der Waals surface area contributed by atoms with Crippen molar-refractivity contribution in [2.24, 2.45) is 0 Å². The quantitative estimate of drug-likeness (QED) is 0.367. The molecule has 0 radical (unpaired) electrons. The average Bonchev–Trinajstić information content (AvgIpc) is 3.56. The van der Waals surface area contributed by atoms with E-state index < -0.39 is 0 Å². The Morgan fingerprint density at radius 2 is 1.88 bits per heavy atom. The fourth-order valence-corrected chi connectivity index (χ4v) is 5.08. The van der Waals surface area contributed by atoms with E-state index in [4.69, 9.17) is 21.4 Å². The van der Waals surface area contributed by atoms with Crippen molar-refractivity contribution < 1.29 is 9.15 Å². The van der Waals surface area contributed by atoms with E-state index in [9.17, 15) is 0 Å². The Bertz CT molecular complexity index is 1270. The molecule has 0 bridgehead atoms. The molecule has 0 saturated carbocycles. The molecule has 5 rings (SSSR count). The molecule has 1 saturated heterocycles. The molecule has 4 aromatic rings. The zero-order valence-electron chi connectivity index (χ0n) is 19.6. The lowest BCUT2D eigenvalue weighted by Crippen LogP contribution is -2.29. The number of rotatable bonds is 7. The number of hydrogen-bond donors (Lipinski definition) is 1. The van der Waals surface area contributed by atoms with Gasteiger partial charge in [-0.15, -0.1) is 0 Å². The molecule has 4 heterocycles. The molecular weight excluding hydrogens is 444 g/mol. The summed E-state index contributed by atoms with van der Waals surface area (Å²) in [5, 5.41) is 4.28. The maximum absolute atomic E-state index is 5.86. The third kappa shape index (κ3) is 4.19. The van der Waals surface area contributed by atoms with Crippen LogP contribution in [0.15, 0.2) is 77.5 Å². The number of nitrogens with one attached hydrogen (secondary N) is 1. The molecule has 174 valence electrons. The fraction of sp³-hybridized carbons (Fsp3) is 0.259. The molecule has 7 heteroatoms. The monoisotopic (exact) mass is 472 g/mol. The van der Waals surface area contributed by atoms with Crippen molar-refractivity contribution in [1.82, 2.24) is 19.8 Å². The summed E-state index contributed by atoms with van der Waals surface area (Å²) in [5.74, 6) is 1.78. The summed E-state index contributed by atoms with van der Waals surface area (Å²) in [7, 11) is 1.68. The van der Waals surface area contributed by atoms with Crippen LogP contribution in [-0.2, 0) is 13.1 Å². The Balaban J connectivity index is 1.54. The summed E-state index contributed by atoms with van der Waals surface area (Å²) in [6, 6.07) is 20.3. The number of aryl methyl sites for hydroxylation is 1. The molecule has 34 heavy (non-hydrogen) atoms. The number of pyridine rings is 1. The Morgan fingerprint density at radius 1 is 1.06 bits per heavy atom. The minimum atomic E-state index is -0.0514. The lowest BCUT2D eigenvalue weighted by atomic mass is 9.96. The van der Waals surface area contributed by atoms with Gasteiger partial charge in [-0.2, -0.15) is 0 Å². The second kappa shape index (κ2) is 9.35. The summed E-state index contributed by atoms with van der Waals surface area (Å²) in [5.41, 5.74) is 5.77. The van der Waals surface area contributed by atoms with E-state index in [1.807, 2.05) is 42.6 Å². The SMILES string of the molecule is COc1ccc(CN2C(=S)N[C@@H](c3ccccn3)[C@H]2c2cc(C)n(Cc3ccco3)c2C)cc1. The zero-order valence-corrected chi connectivity index (χ0v) is 20.4. The summed E-state index contributed by atoms with van der Waals surface area (Å²) in [6.45, 7) is 5.70. The van der Waals surface area contributed by atoms with Crippen molar-refractivity contribution in [2.45, 2.75) is 39.0 Å². The Labute approximate surface area is 205 Å². The predicted molar refractivity (Wildman–Crippen MR) is 136 cm³/mol. The van der Waals surface area contributed by atoms with Crippen molar-refractivity contribution in [3.63, 3.8) is 0 Å². The molecular formula is C27H28N4O2S. The average molecular weight is 473 g/mol. The van der Waals surface area contributed by atoms with Gasteiger partial charge in [-0.3, -0.25) is 4.98 Å². The van der Waals surface area contributed by atoms with Gasteiger partial charge in [0.1, 0.15) is 11.5 Å². The maximum Gasteiger partial charge on any atom is 0.170 e. The zero-order chi connectivity index (χ0) is 23.7. The molecule has 1 aliphatic rings. The highest BCUT2D eigenvalue weighted by Crippen LogP contribution is 2.41. The number of methoxy groups -OCH3 is 1. The summed E-state index contributed by atoms with van der Waals surface area (Å²) >= 11 is 5.86. The van der Waals surface area contributed by atoms with Gasteiger partial charge in [0.25, 0.3) is 0 Å². The van der Waals surface area contributed by atoms with E-state index in [0.717, 1.165) is 22.3 Å². The number of aromatic nitrogens is 2. The van der Waals surface area contributed by atoms with Crippen LogP contribution in [0.5, 0.6) is 5.75 Å². The maximum atomic E-state index is 5.86. The number of hydrogen-bond acceptors (Lipinski definition) is 4. The van der Waals surface area contributed by atoms with Crippen molar-refractivity contribution >= 4 is 17.3 Å². The van der Waals surface area contributed by atoms with Crippen LogP contribution >= 0.6 is 12.2 Å². The van der Waals surface area contributed by atoms with E-state index in [-0.39, 0.29) is 12.1 Å². The van der Waals surface area contributed by atoms with Crippen LogP contribution in [0.3, 0.4) is 0 Å².